The summed E-state index contributed by atoms with van der Waals surface area (Å²) in [4.78, 5) is 0. The van der Waals surface area contributed by atoms with E-state index in [-0.39, 0.29) is 0 Å². The molecule has 11 aromatic rings. The fraction of sp³-hybridized carbons (Fsp3) is 0. The summed E-state index contributed by atoms with van der Waals surface area (Å²) >= 11 is 0. The van der Waals surface area contributed by atoms with Crippen molar-refractivity contribution in [2.75, 3.05) is 0 Å². The smallest absolute Gasteiger partial charge is 0.145 e. The van der Waals surface area contributed by atoms with Crippen LogP contribution in [0.15, 0.2) is 174 Å². The highest BCUT2D eigenvalue weighted by atomic mass is 16.3. The Labute approximate surface area is 315 Å². The molecule has 0 fully saturated rings. The van der Waals surface area contributed by atoms with Crippen LogP contribution in [0.5, 0.6) is 0 Å². The van der Waals surface area contributed by atoms with Crippen molar-refractivity contribution >= 4 is 65.6 Å². The summed E-state index contributed by atoms with van der Waals surface area (Å²) in [5.74, 6) is 0. The van der Waals surface area contributed by atoms with Gasteiger partial charge in [-0.1, -0.05) is 103 Å². The Bertz CT molecular complexity index is 3370. The quantitative estimate of drug-likeness (QED) is 0.183. The minimum absolute atomic E-state index is 0.479. The lowest BCUT2D eigenvalue weighted by Gasteiger charge is -2.16. The fourth-order valence-electron chi connectivity index (χ4n) is 8.61. The number of fused-ring (bicyclic) bond motifs is 10. The second kappa shape index (κ2) is 11.8. The second-order valence-corrected chi connectivity index (χ2v) is 13.9. The molecule has 0 aliphatic heterocycles. The molecule has 0 N–H and O–H groups in total. The van der Waals surface area contributed by atoms with Gasteiger partial charge in [-0.25, -0.2) is 0 Å². The number of para-hydroxylation sites is 4. The molecule has 5 nitrogen and oxygen atoms in total. The molecular weight excluding hydrogens is 673 g/mol. The highest BCUT2D eigenvalue weighted by Gasteiger charge is 2.21. The number of hydrogen-bond donors (Lipinski definition) is 0. The molecule has 0 saturated carbocycles. The van der Waals surface area contributed by atoms with E-state index >= 15 is 0 Å². The monoisotopic (exact) mass is 700 g/mol. The molecular formula is C50H28N4O. The van der Waals surface area contributed by atoms with Crippen molar-refractivity contribution in [3.63, 3.8) is 0 Å². The lowest BCUT2D eigenvalue weighted by molar-refractivity contribution is 0.673. The topological polar surface area (TPSA) is 70.6 Å². The summed E-state index contributed by atoms with van der Waals surface area (Å²) < 4.78 is 11.3. The second-order valence-electron chi connectivity index (χ2n) is 13.9. The number of furan rings is 1. The van der Waals surface area contributed by atoms with Gasteiger partial charge in [0, 0.05) is 43.9 Å². The normalized spacial score (nSPS) is 11.6. The van der Waals surface area contributed by atoms with Crippen LogP contribution in [-0.4, -0.2) is 9.13 Å². The molecule has 11 rings (SSSR count). The average molecular weight is 701 g/mol. The summed E-state index contributed by atoms with van der Waals surface area (Å²) in [6.45, 7) is 0. The molecule has 3 heterocycles. The van der Waals surface area contributed by atoms with Gasteiger partial charge in [0.2, 0.25) is 0 Å². The van der Waals surface area contributed by atoms with Crippen LogP contribution in [0.25, 0.3) is 99.2 Å². The van der Waals surface area contributed by atoms with E-state index in [2.05, 4.69) is 149 Å². The van der Waals surface area contributed by atoms with Crippen LogP contribution < -0.4 is 0 Å². The van der Waals surface area contributed by atoms with Gasteiger partial charge in [0.1, 0.15) is 11.2 Å². The first kappa shape index (κ1) is 30.7. The van der Waals surface area contributed by atoms with Gasteiger partial charge in [-0.15, -0.1) is 0 Å². The van der Waals surface area contributed by atoms with E-state index < -0.39 is 0 Å². The van der Waals surface area contributed by atoms with E-state index in [0.29, 0.717) is 16.7 Å². The first-order valence-electron chi connectivity index (χ1n) is 18.2. The molecule has 0 radical (unpaired) electrons. The Morgan fingerprint density at radius 2 is 0.927 bits per heavy atom. The Balaban J connectivity index is 1.20. The van der Waals surface area contributed by atoms with E-state index in [0.717, 1.165) is 82.8 Å². The summed E-state index contributed by atoms with van der Waals surface area (Å²) in [7, 11) is 0. The van der Waals surface area contributed by atoms with Crippen LogP contribution in [0, 0.1) is 22.7 Å². The number of nitrogens with zero attached hydrogens (tertiary/aromatic N) is 4. The molecule has 0 unspecified atom stereocenters. The average Bonchev–Trinajstić information content (AvgIpc) is 3.91. The Morgan fingerprint density at radius 1 is 0.400 bits per heavy atom. The number of hydrogen-bond acceptors (Lipinski definition) is 3. The molecule has 5 heteroatoms. The predicted octanol–water partition coefficient (Wildman–Crippen LogP) is 12.9. The predicted molar refractivity (Wildman–Crippen MR) is 223 cm³/mol. The third kappa shape index (κ3) is 4.51. The van der Waals surface area contributed by atoms with E-state index in [1.54, 1.807) is 18.2 Å². The van der Waals surface area contributed by atoms with E-state index in [4.69, 9.17) is 4.42 Å². The van der Waals surface area contributed by atoms with Crippen molar-refractivity contribution < 1.29 is 4.42 Å². The summed E-state index contributed by atoms with van der Waals surface area (Å²) in [5, 5.41) is 26.6. The van der Waals surface area contributed by atoms with Crippen LogP contribution in [-0.2, 0) is 0 Å². The van der Waals surface area contributed by atoms with Crippen LogP contribution in [0.1, 0.15) is 11.1 Å². The largest absolute Gasteiger partial charge is 0.455 e. The van der Waals surface area contributed by atoms with Crippen molar-refractivity contribution in [1.29, 1.82) is 10.5 Å². The van der Waals surface area contributed by atoms with Crippen molar-refractivity contribution in [2.24, 2.45) is 0 Å². The molecule has 3 aromatic heterocycles. The van der Waals surface area contributed by atoms with E-state index in [9.17, 15) is 10.5 Å². The lowest BCUT2D eigenvalue weighted by atomic mass is 9.93. The van der Waals surface area contributed by atoms with E-state index in [1.165, 1.54) is 10.8 Å². The minimum Gasteiger partial charge on any atom is -0.455 e. The molecule has 0 aliphatic carbocycles. The van der Waals surface area contributed by atoms with Crippen LogP contribution in [0.2, 0.25) is 0 Å². The molecule has 0 spiro atoms. The maximum Gasteiger partial charge on any atom is 0.145 e. The molecule has 55 heavy (non-hydrogen) atoms. The summed E-state index contributed by atoms with van der Waals surface area (Å²) in [5.41, 5.74) is 12.7. The third-order valence-electron chi connectivity index (χ3n) is 11.0. The lowest BCUT2D eigenvalue weighted by Crippen LogP contribution is -2.00. The minimum atomic E-state index is 0.479. The molecule has 0 atom stereocenters. The highest BCUT2D eigenvalue weighted by molar-refractivity contribution is 6.24. The van der Waals surface area contributed by atoms with Crippen molar-refractivity contribution in [2.45, 2.75) is 0 Å². The Morgan fingerprint density at radius 3 is 1.56 bits per heavy atom. The van der Waals surface area contributed by atoms with Gasteiger partial charge in [-0.2, -0.15) is 10.5 Å². The number of aromatic nitrogens is 2. The molecule has 0 aliphatic rings. The first-order valence-corrected chi connectivity index (χ1v) is 18.2. The number of nitriles is 2. The fourth-order valence-corrected chi connectivity index (χ4v) is 8.61. The highest BCUT2D eigenvalue weighted by Crippen LogP contribution is 2.42. The zero-order valence-electron chi connectivity index (χ0n) is 29.4. The van der Waals surface area contributed by atoms with Crippen LogP contribution in [0.3, 0.4) is 0 Å². The van der Waals surface area contributed by atoms with Gasteiger partial charge in [0.15, 0.2) is 0 Å². The zero-order chi connectivity index (χ0) is 36.6. The van der Waals surface area contributed by atoms with Gasteiger partial charge in [0.05, 0.1) is 50.7 Å². The standard InChI is InChI=1S/C50H28N4O/c51-29-33-10-9-11-34(30-52)48(33)32-22-20-31(21-23-32)35-26-36(53-43-16-5-1-12-38(43)39-13-2-6-17-44(39)53)28-37(27-35)54-45-18-7-3-15-42(45)49-46(54)25-24-41-40-14-4-8-19-47(40)55-50(41)49/h1-28H. The molecule has 0 amide bonds. The maximum absolute atomic E-state index is 9.90. The SMILES string of the molecule is N#Cc1cccc(C#N)c1-c1ccc(-c2cc(-n3c4ccccc4c4ccccc43)cc(-n3c4ccccc4c4c5oc6ccccc6c5ccc43)c2)cc1. The van der Waals surface area contributed by atoms with Crippen LogP contribution in [0.4, 0.5) is 0 Å². The number of rotatable bonds is 4. The van der Waals surface area contributed by atoms with Crippen molar-refractivity contribution in [3.05, 3.63) is 181 Å². The molecule has 254 valence electrons. The molecule has 0 bridgehead atoms. The number of benzene rings is 8. The first-order chi connectivity index (χ1) is 27.2. The zero-order valence-corrected chi connectivity index (χ0v) is 29.4. The van der Waals surface area contributed by atoms with Gasteiger partial charge >= 0.3 is 0 Å². The summed E-state index contributed by atoms with van der Waals surface area (Å²) in [6.07, 6.45) is 0. The van der Waals surface area contributed by atoms with Crippen molar-refractivity contribution in [1.82, 2.24) is 9.13 Å². The van der Waals surface area contributed by atoms with Gasteiger partial charge in [0.25, 0.3) is 0 Å². The van der Waals surface area contributed by atoms with Gasteiger partial charge in [-0.3, -0.25) is 0 Å². The Kier molecular flexibility index (Phi) is 6.61. The molecule has 8 aromatic carbocycles. The summed E-state index contributed by atoms with van der Waals surface area (Å²) in [6, 6.07) is 63.2. The molecule has 0 saturated heterocycles. The van der Waals surface area contributed by atoms with Crippen LogP contribution >= 0.6 is 0 Å². The van der Waals surface area contributed by atoms with Gasteiger partial charge in [-0.05, 0) is 83.4 Å². The van der Waals surface area contributed by atoms with Crippen molar-refractivity contribution in [3.8, 4) is 45.8 Å². The van der Waals surface area contributed by atoms with E-state index in [1.807, 2.05) is 24.3 Å². The van der Waals surface area contributed by atoms with Gasteiger partial charge < -0.3 is 13.6 Å². The third-order valence-corrected chi connectivity index (χ3v) is 11.0. The Hall–Kier alpha value is -7.86. The maximum atomic E-state index is 9.90.